The summed E-state index contributed by atoms with van der Waals surface area (Å²) in [4.78, 5) is 19.1. The normalized spacial score (nSPS) is 18.4. The van der Waals surface area contributed by atoms with Gasteiger partial charge in [-0.1, -0.05) is 62.6 Å². The quantitative estimate of drug-likeness (QED) is 0.421. The summed E-state index contributed by atoms with van der Waals surface area (Å²) in [6.07, 6.45) is 9.95. The summed E-state index contributed by atoms with van der Waals surface area (Å²) in [6.45, 7) is 5.08. The van der Waals surface area contributed by atoms with Gasteiger partial charge in [-0.2, -0.15) is 0 Å². The Morgan fingerprint density at radius 1 is 1.30 bits per heavy atom. The molecule has 1 aliphatic heterocycles. The minimum atomic E-state index is -0.684. The molecule has 1 aliphatic rings. The lowest BCUT2D eigenvalue weighted by molar-refractivity contribution is -0.143. The van der Waals surface area contributed by atoms with E-state index < -0.39 is 5.97 Å². The largest absolute Gasteiger partial charge is 0.481 e. The number of nitrogens with zero attached hydrogens (tertiary/aromatic N) is 1. The fourth-order valence-electron chi connectivity index (χ4n) is 3.42. The minimum Gasteiger partial charge on any atom is -0.481 e. The first-order valence-electron chi connectivity index (χ1n) is 10.3. The number of hydrogen-bond donors (Lipinski definition) is 2. The van der Waals surface area contributed by atoms with E-state index in [0.29, 0.717) is 13.2 Å². The Hall–Kier alpha value is -1.85. The van der Waals surface area contributed by atoms with Crippen LogP contribution in [0, 0.1) is 5.92 Å². The van der Waals surface area contributed by atoms with E-state index >= 15 is 0 Å². The number of likely N-dealkylation sites (tertiary alicyclic amines) is 1. The van der Waals surface area contributed by atoms with Gasteiger partial charge in [0.1, 0.15) is 0 Å². The first-order valence-corrected chi connectivity index (χ1v) is 10.3. The molecule has 0 spiro atoms. The summed E-state index contributed by atoms with van der Waals surface area (Å²) >= 11 is 0. The average molecular weight is 375 g/mol. The van der Waals surface area contributed by atoms with Gasteiger partial charge in [0, 0.05) is 13.1 Å². The van der Waals surface area contributed by atoms with Crippen molar-refractivity contribution in [3.8, 4) is 0 Å². The van der Waals surface area contributed by atoms with E-state index in [2.05, 4.69) is 35.5 Å². The van der Waals surface area contributed by atoms with Gasteiger partial charge in [-0.25, -0.2) is 0 Å². The number of unbranched alkanes of at least 4 members (excludes halogenated alkanes) is 4. The molecule has 1 fully saturated rings. The van der Waals surface area contributed by atoms with Crippen LogP contribution in [0.15, 0.2) is 36.4 Å². The summed E-state index contributed by atoms with van der Waals surface area (Å²) in [5.74, 6) is -0.925. The van der Waals surface area contributed by atoms with E-state index in [0.717, 1.165) is 43.6 Å². The summed E-state index contributed by atoms with van der Waals surface area (Å²) in [6, 6.07) is 10.2. The number of carboxylic acids is 1. The summed E-state index contributed by atoms with van der Waals surface area (Å²) < 4.78 is 0. The minimum absolute atomic E-state index is 0.241. The first-order chi connectivity index (χ1) is 13.2. The molecule has 0 aliphatic carbocycles. The highest BCUT2D eigenvalue weighted by molar-refractivity contribution is 5.70. The lowest BCUT2D eigenvalue weighted by atomic mass is 9.98. The Balaban J connectivity index is 1.77. The van der Waals surface area contributed by atoms with Crippen LogP contribution in [0.1, 0.15) is 57.4 Å². The van der Waals surface area contributed by atoms with Crippen LogP contribution < -0.4 is 5.48 Å². The Bertz CT molecular complexity index is 574. The van der Waals surface area contributed by atoms with E-state index in [9.17, 15) is 9.90 Å². The van der Waals surface area contributed by atoms with Crippen LogP contribution >= 0.6 is 0 Å². The predicted molar refractivity (Wildman–Crippen MR) is 109 cm³/mol. The monoisotopic (exact) mass is 374 g/mol. The van der Waals surface area contributed by atoms with E-state index in [-0.39, 0.29) is 5.92 Å². The Morgan fingerprint density at radius 2 is 2.11 bits per heavy atom. The fraction of sp³-hybridized carbons (Fsp3) is 0.591. The van der Waals surface area contributed by atoms with Crippen molar-refractivity contribution in [2.24, 2.45) is 5.92 Å². The van der Waals surface area contributed by atoms with Crippen molar-refractivity contribution < 1.29 is 14.7 Å². The maximum Gasteiger partial charge on any atom is 0.307 e. The average Bonchev–Trinajstić information content (AvgIpc) is 2.70. The van der Waals surface area contributed by atoms with Crippen LogP contribution in [0.5, 0.6) is 0 Å². The summed E-state index contributed by atoms with van der Waals surface area (Å²) in [7, 11) is 0. The van der Waals surface area contributed by atoms with E-state index in [1.165, 1.54) is 25.7 Å². The molecule has 150 valence electrons. The first kappa shape index (κ1) is 21.5. The zero-order valence-electron chi connectivity index (χ0n) is 16.5. The fourth-order valence-corrected chi connectivity index (χ4v) is 3.42. The van der Waals surface area contributed by atoms with Crippen molar-refractivity contribution in [2.75, 3.05) is 26.2 Å². The second-order valence-electron chi connectivity index (χ2n) is 7.26. The molecule has 0 amide bonds. The molecular weight excluding hydrogens is 340 g/mol. The number of carboxylic acid groups (broad SMARTS) is 1. The molecule has 2 N–H and O–H groups in total. The number of hydroxylamine groups is 1. The molecule has 0 radical (unpaired) electrons. The summed E-state index contributed by atoms with van der Waals surface area (Å²) in [5, 5.41) is 9.19. The van der Waals surface area contributed by atoms with Crippen LogP contribution in [0.4, 0.5) is 0 Å². The lowest BCUT2D eigenvalue weighted by Gasteiger charge is -2.30. The maximum atomic E-state index is 11.2. The van der Waals surface area contributed by atoms with Gasteiger partial charge >= 0.3 is 5.97 Å². The van der Waals surface area contributed by atoms with Gasteiger partial charge in [0.25, 0.3) is 0 Å². The maximum absolute atomic E-state index is 11.2. The van der Waals surface area contributed by atoms with Crippen molar-refractivity contribution in [3.05, 3.63) is 42.0 Å². The molecule has 1 saturated heterocycles. The number of benzene rings is 1. The number of allylic oxidation sites excluding steroid dienone is 1. The zero-order chi connectivity index (χ0) is 19.3. The number of hydrogen-bond acceptors (Lipinski definition) is 4. The predicted octanol–water partition coefficient (Wildman–Crippen LogP) is 4.32. The van der Waals surface area contributed by atoms with Crippen molar-refractivity contribution in [3.63, 3.8) is 0 Å². The third kappa shape index (κ3) is 8.14. The van der Waals surface area contributed by atoms with E-state index in [1.807, 2.05) is 18.2 Å². The highest BCUT2D eigenvalue weighted by atomic mass is 16.6. The molecule has 1 atom stereocenters. The zero-order valence-corrected chi connectivity index (χ0v) is 16.5. The van der Waals surface area contributed by atoms with Crippen LogP contribution in [-0.2, 0) is 9.63 Å². The molecule has 1 unspecified atom stereocenters. The van der Waals surface area contributed by atoms with Gasteiger partial charge in [-0.3, -0.25) is 15.1 Å². The lowest BCUT2D eigenvalue weighted by Crippen LogP contribution is -2.40. The molecule has 1 aromatic carbocycles. The second kappa shape index (κ2) is 12.5. The Kier molecular flexibility index (Phi) is 9.95. The Morgan fingerprint density at radius 3 is 2.85 bits per heavy atom. The Labute approximate surface area is 163 Å². The highest BCUT2D eigenvalue weighted by Gasteiger charge is 2.24. The van der Waals surface area contributed by atoms with Crippen molar-refractivity contribution in [2.45, 2.75) is 51.9 Å². The molecule has 0 aromatic heterocycles. The van der Waals surface area contributed by atoms with Crippen LogP contribution in [-0.4, -0.2) is 42.2 Å². The molecule has 1 heterocycles. The second-order valence-corrected chi connectivity index (χ2v) is 7.26. The number of carbonyl (C=O) groups is 1. The van der Waals surface area contributed by atoms with Gasteiger partial charge in [0.15, 0.2) is 0 Å². The van der Waals surface area contributed by atoms with E-state index in [1.54, 1.807) is 0 Å². The molecule has 5 heteroatoms. The number of nitrogens with one attached hydrogen (secondary N) is 1. The number of rotatable bonds is 12. The summed E-state index contributed by atoms with van der Waals surface area (Å²) in [5.41, 5.74) is 5.25. The molecule has 27 heavy (non-hydrogen) atoms. The van der Waals surface area contributed by atoms with Crippen LogP contribution in [0.3, 0.4) is 0 Å². The van der Waals surface area contributed by atoms with E-state index in [4.69, 9.17) is 4.84 Å². The molecule has 2 rings (SSSR count). The number of piperidine rings is 1. The van der Waals surface area contributed by atoms with Crippen molar-refractivity contribution >= 4 is 11.7 Å². The van der Waals surface area contributed by atoms with Gasteiger partial charge in [0.05, 0.1) is 18.2 Å². The third-order valence-electron chi connectivity index (χ3n) is 5.04. The smallest absolute Gasteiger partial charge is 0.307 e. The van der Waals surface area contributed by atoms with Gasteiger partial charge in [-0.05, 0) is 37.8 Å². The topological polar surface area (TPSA) is 61.8 Å². The molecular formula is C22H34N2O3. The molecule has 0 saturated carbocycles. The molecule has 1 aromatic rings. The van der Waals surface area contributed by atoms with Crippen molar-refractivity contribution in [1.29, 1.82) is 0 Å². The third-order valence-corrected chi connectivity index (χ3v) is 5.04. The van der Waals surface area contributed by atoms with Crippen LogP contribution in [0.2, 0.25) is 0 Å². The highest BCUT2D eigenvalue weighted by Crippen LogP contribution is 2.17. The molecule has 5 nitrogen and oxygen atoms in total. The van der Waals surface area contributed by atoms with Gasteiger partial charge < -0.3 is 10.0 Å². The standard InChI is InChI=1S/C22H34N2O3/c1-2-3-4-5-9-14-21(19-11-7-6-8-12-19)23-27-17-16-24-15-10-13-20(18-24)22(25)26/h6-8,11-12,14,20,23H,2-5,9-10,13,15-18H2,1H3,(H,25,26). The van der Waals surface area contributed by atoms with Crippen LogP contribution in [0.25, 0.3) is 5.70 Å². The SMILES string of the molecule is CCCCCCC=C(NOCCN1CCCC(C(=O)O)C1)c1ccccc1. The molecule has 0 bridgehead atoms. The van der Waals surface area contributed by atoms with Crippen molar-refractivity contribution in [1.82, 2.24) is 10.4 Å². The van der Waals surface area contributed by atoms with Gasteiger partial charge in [-0.15, -0.1) is 0 Å². The van der Waals surface area contributed by atoms with Gasteiger partial charge in [0.2, 0.25) is 0 Å². The number of aliphatic carboxylic acids is 1.